The molecule has 0 bridgehead atoms. The first-order valence-electron chi connectivity index (χ1n) is 6.58. The minimum absolute atomic E-state index is 0.268. The maximum Gasteiger partial charge on any atom is 0.270 e. The molecule has 0 fully saturated rings. The molecule has 1 atom stereocenters. The summed E-state index contributed by atoms with van der Waals surface area (Å²) in [6, 6.07) is 8.67. The summed E-state index contributed by atoms with van der Waals surface area (Å²) < 4.78 is 10.2. The van der Waals surface area contributed by atoms with Gasteiger partial charge in [-0.1, -0.05) is 18.2 Å². The third-order valence-corrected chi connectivity index (χ3v) is 3.21. The number of nitrogen functional groups attached to an aromatic ring is 1. The van der Waals surface area contributed by atoms with Crippen LogP contribution in [0.5, 0.6) is 0 Å². The molecule has 0 aliphatic rings. The van der Waals surface area contributed by atoms with Crippen molar-refractivity contribution in [3.63, 3.8) is 0 Å². The first-order chi connectivity index (χ1) is 10.1. The van der Waals surface area contributed by atoms with Gasteiger partial charge >= 0.3 is 0 Å². The molecule has 6 nitrogen and oxygen atoms in total. The molecule has 112 valence electrons. The number of hydrogen-bond donors (Lipinski definition) is 2. The number of anilines is 1. The van der Waals surface area contributed by atoms with Crippen molar-refractivity contribution in [2.75, 3.05) is 20.0 Å². The standard InChI is InChI=1S/C15H19N3O3/c1-9(15(20-2)21-3)17-14(19)13-8-11(16)10-6-4-5-7-12(10)18-13/h4-9,15H,1-3H3,(H2,16,18)(H,17,19). The lowest BCUT2D eigenvalue weighted by Gasteiger charge is -2.22. The lowest BCUT2D eigenvalue weighted by Crippen LogP contribution is -2.43. The Morgan fingerprint density at radius 1 is 1.29 bits per heavy atom. The van der Waals surface area contributed by atoms with Crippen LogP contribution >= 0.6 is 0 Å². The van der Waals surface area contributed by atoms with Gasteiger partial charge in [-0.25, -0.2) is 4.98 Å². The fourth-order valence-electron chi connectivity index (χ4n) is 2.17. The molecule has 1 amide bonds. The number of methoxy groups -OCH3 is 2. The van der Waals surface area contributed by atoms with Crippen molar-refractivity contribution < 1.29 is 14.3 Å². The number of hydrogen-bond acceptors (Lipinski definition) is 5. The number of benzene rings is 1. The Morgan fingerprint density at radius 3 is 2.62 bits per heavy atom. The number of rotatable bonds is 5. The van der Waals surface area contributed by atoms with Crippen LogP contribution in [0.3, 0.4) is 0 Å². The van der Waals surface area contributed by atoms with E-state index in [0.717, 1.165) is 5.39 Å². The zero-order valence-corrected chi connectivity index (χ0v) is 12.3. The molecular formula is C15H19N3O3. The summed E-state index contributed by atoms with van der Waals surface area (Å²) >= 11 is 0. The molecule has 0 saturated carbocycles. The molecule has 3 N–H and O–H groups in total. The van der Waals surface area contributed by atoms with E-state index in [-0.39, 0.29) is 17.6 Å². The Balaban J connectivity index is 2.23. The molecular weight excluding hydrogens is 270 g/mol. The van der Waals surface area contributed by atoms with Crippen LogP contribution in [0.1, 0.15) is 17.4 Å². The van der Waals surface area contributed by atoms with Crippen molar-refractivity contribution >= 4 is 22.5 Å². The number of pyridine rings is 1. The second-order valence-corrected chi connectivity index (χ2v) is 4.72. The van der Waals surface area contributed by atoms with Gasteiger partial charge in [-0.2, -0.15) is 0 Å². The summed E-state index contributed by atoms with van der Waals surface area (Å²) in [4.78, 5) is 16.6. The summed E-state index contributed by atoms with van der Waals surface area (Å²) in [5, 5.41) is 3.61. The lowest BCUT2D eigenvalue weighted by molar-refractivity contribution is -0.117. The number of nitrogens with one attached hydrogen (secondary N) is 1. The first kappa shape index (κ1) is 15.2. The van der Waals surface area contributed by atoms with E-state index in [4.69, 9.17) is 15.2 Å². The highest BCUT2D eigenvalue weighted by molar-refractivity contribution is 5.99. The van der Waals surface area contributed by atoms with Crippen LogP contribution in [0, 0.1) is 0 Å². The number of ether oxygens (including phenoxy) is 2. The van der Waals surface area contributed by atoms with E-state index in [2.05, 4.69) is 10.3 Å². The van der Waals surface area contributed by atoms with Gasteiger partial charge in [-0.05, 0) is 19.1 Å². The minimum atomic E-state index is -0.522. The van der Waals surface area contributed by atoms with Crippen LogP contribution in [-0.4, -0.2) is 37.4 Å². The number of carbonyl (C=O) groups is 1. The number of fused-ring (bicyclic) bond motifs is 1. The smallest absolute Gasteiger partial charge is 0.270 e. The van der Waals surface area contributed by atoms with Crippen LogP contribution in [0.25, 0.3) is 10.9 Å². The Bertz CT molecular complexity index is 641. The Kier molecular flexibility index (Phi) is 4.72. The van der Waals surface area contributed by atoms with E-state index in [0.29, 0.717) is 11.2 Å². The van der Waals surface area contributed by atoms with Crippen molar-refractivity contribution in [2.45, 2.75) is 19.3 Å². The molecule has 1 aromatic carbocycles. The summed E-state index contributed by atoms with van der Waals surface area (Å²) in [6.07, 6.45) is -0.522. The van der Waals surface area contributed by atoms with E-state index in [9.17, 15) is 4.79 Å². The van der Waals surface area contributed by atoms with Gasteiger partial charge in [0.15, 0.2) is 6.29 Å². The molecule has 1 aromatic heterocycles. The summed E-state index contributed by atoms with van der Waals surface area (Å²) in [5.41, 5.74) is 7.44. The molecule has 0 aliphatic carbocycles. The van der Waals surface area contributed by atoms with Crippen molar-refractivity contribution in [1.82, 2.24) is 10.3 Å². The Morgan fingerprint density at radius 2 is 1.95 bits per heavy atom. The molecule has 0 radical (unpaired) electrons. The number of nitrogens with two attached hydrogens (primary N) is 1. The maximum atomic E-state index is 12.2. The van der Waals surface area contributed by atoms with E-state index in [1.165, 1.54) is 14.2 Å². The summed E-state index contributed by atoms with van der Waals surface area (Å²) in [5.74, 6) is -0.320. The summed E-state index contributed by atoms with van der Waals surface area (Å²) in [7, 11) is 3.03. The minimum Gasteiger partial charge on any atom is -0.398 e. The fraction of sp³-hybridized carbons (Fsp3) is 0.333. The predicted octanol–water partition coefficient (Wildman–Crippen LogP) is 1.55. The van der Waals surface area contributed by atoms with Crippen molar-refractivity contribution in [1.29, 1.82) is 0 Å². The van der Waals surface area contributed by atoms with Crippen molar-refractivity contribution in [2.24, 2.45) is 0 Å². The average molecular weight is 289 g/mol. The number of nitrogens with zero attached hydrogens (tertiary/aromatic N) is 1. The van der Waals surface area contributed by atoms with E-state index in [1.807, 2.05) is 24.3 Å². The number of para-hydroxylation sites is 1. The highest BCUT2D eigenvalue weighted by atomic mass is 16.7. The zero-order valence-electron chi connectivity index (χ0n) is 12.3. The fourth-order valence-corrected chi connectivity index (χ4v) is 2.17. The van der Waals surface area contributed by atoms with E-state index < -0.39 is 6.29 Å². The quantitative estimate of drug-likeness (QED) is 0.816. The Hall–Kier alpha value is -2.18. The third-order valence-electron chi connectivity index (χ3n) is 3.21. The average Bonchev–Trinajstić information content (AvgIpc) is 2.48. The van der Waals surface area contributed by atoms with Crippen LogP contribution in [0.15, 0.2) is 30.3 Å². The molecule has 0 aliphatic heterocycles. The molecule has 2 aromatic rings. The van der Waals surface area contributed by atoms with Gasteiger partial charge < -0.3 is 20.5 Å². The van der Waals surface area contributed by atoms with Gasteiger partial charge in [0.2, 0.25) is 0 Å². The van der Waals surface area contributed by atoms with Gasteiger partial charge in [0.05, 0.1) is 11.6 Å². The SMILES string of the molecule is COC(OC)C(C)NC(=O)c1cc(N)c2ccccc2n1. The third kappa shape index (κ3) is 3.29. The molecule has 1 heterocycles. The largest absolute Gasteiger partial charge is 0.398 e. The van der Waals surface area contributed by atoms with Crippen LogP contribution in [-0.2, 0) is 9.47 Å². The molecule has 2 rings (SSSR count). The van der Waals surface area contributed by atoms with Gasteiger partial charge in [0.25, 0.3) is 5.91 Å². The van der Waals surface area contributed by atoms with Crippen molar-refractivity contribution in [3.05, 3.63) is 36.0 Å². The predicted molar refractivity (Wildman–Crippen MR) is 80.9 cm³/mol. The van der Waals surface area contributed by atoms with Gasteiger partial charge in [0, 0.05) is 25.3 Å². The van der Waals surface area contributed by atoms with Crippen molar-refractivity contribution in [3.8, 4) is 0 Å². The Labute approximate surface area is 123 Å². The second-order valence-electron chi connectivity index (χ2n) is 4.72. The van der Waals surface area contributed by atoms with Crippen LogP contribution < -0.4 is 11.1 Å². The summed E-state index contributed by atoms with van der Waals surface area (Å²) in [6.45, 7) is 1.79. The topological polar surface area (TPSA) is 86.5 Å². The van der Waals surface area contributed by atoms with Gasteiger partial charge in [-0.3, -0.25) is 4.79 Å². The van der Waals surface area contributed by atoms with E-state index in [1.54, 1.807) is 13.0 Å². The normalized spacial score (nSPS) is 12.6. The first-order valence-corrected chi connectivity index (χ1v) is 6.58. The molecule has 1 unspecified atom stereocenters. The zero-order chi connectivity index (χ0) is 15.4. The molecule has 21 heavy (non-hydrogen) atoms. The van der Waals surface area contributed by atoms with Gasteiger partial charge in [0.1, 0.15) is 5.69 Å². The second kappa shape index (κ2) is 6.51. The lowest BCUT2D eigenvalue weighted by atomic mass is 10.1. The maximum absolute atomic E-state index is 12.2. The molecule has 0 saturated heterocycles. The monoisotopic (exact) mass is 289 g/mol. The number of aromatic nitrogens is 1. The number of carbonyl (C=O) groups excluding carboxylic acids is 1. The van der Waals surface area contributed by atoms with Gasteiger partial charge in [-0.15, -0.1) is 0 Å². The molecule has 6 heteroatoms. The van der Waals surface area contributed by atoms with Crippen LogP contribution in [0.4, 0.5) is 5.69 Å². The number of amides is 1. The molecule has 0 spiro atoms. The highest BCUT2D eigenvalue weighted by Gasteiger charge is 2.20. The van der Waals surface area contributed by atoms with Crippen LogP contribution in [0.2, 0.25) is 0 Å². The highest BCUT2D eigenvalue weighted by Crippen LogP contribution is 2.20. The van der Waals surface area contributed by atoms with E-state index >= 15 is 0 Å².